The number of guanidine groups is 1. The topological polar surface area (TPSA) is 138 Å². The molecule has 0 aliphatic carbocycles. The van der Waals surface area contributed by atoms with Crippen LogP contribution < -0.4 is 25.8 Å². The number of aromatic nitrogens is 1. The van der Waals surface area contributed by atoms with Crippen molar-refractivity contribution >= 4 is 40.3 Å². The van der Waals surface area contributed by atoms with Gasteiger partial charge in [0.15, 0.2) is 22.7 Å². The SMILES string of the molecule is COc1ccc(N=C(NC#N)N2CCc3nc(C(=O)Nc4ccccc4N)sc3C2)cc1OC. The van der Waals surface area contributed by atoms with E-state index < -0.39 is 0 Å². The zero-order valence-corrected chi connectivity index (χ0v) is 19.5. The van der Waals surface area contributed by atoms with Crippen molar-refractivity contribution in [3.8, 4) is 17.7 Å². The van der Waals surface area contributed by atoms with E-state index in [4.69, 9.17) is 15.2 Å². The molecule has 0 bridgehead atoms. The number of ether oxygens (including phenoxy) is 2. The molecule has 1 amide bonds. The van der Waals surface area contributed by atoms with Gasteiger partial charge in [-0.2, -0.15) is 5.26 Å². The maximum absolute atomic E-state index is 12.7. The number of para-hydroxylation sites is 2. The summed E-state index contributed by atoms with van der Waals surface area (Å²) in [6.07, 6.45) is 2.57. The zero-order chi connectivity index (χ0) is 24.1. The molecule has 0 saturated heterocycles. The summed E-state index contributed by atoms with van der Waals surface area (Å²) >= 11 is 1.32. The first-order valence-corrected chi connectivity index (χ1v) is 11.2. The molecule has 2 heterocycles. The molecule has 0 atom stereocenters. The minimum absolute atomic E-state index is 0.307. The van der Waals surface area contributed by atoms with Gasteiger partial charge in [0, 0.05) is 23.9 Å². The molecule has 2 aromatic carbocycles. The van der Waals surface area contributed by atoms with Crippen molar-refractivity contribution in [1.29, 1.82) is 5.26 Å². The first-order chi connectivity index (χ1) is 16.5. The molecule has 0 unspecified atom stereocenters. The number of thiazole rings is 1. The number of aliphatic imine (C=N–C) groups is 1. The number of amides is 1. The van der Waals surface area contributed by atoms with Gasteiger partial charge in [-0.05, 0) is 24.3 Å². The summed E-state index contributed by atoms with van der Waals surface area (Å²) in [5.74, 6) is 1.22. The monoisotopic (exact) mass is 477 g/mol. The van der Waals surface area contributed by atoms with E-state index >= 15 is 0 Å². The fourth-order valence-electron chi connectivity index (χ4n) is 3.50. The summed E-state index contributed by atoms with van der Waals surface area (Å²) in [5.41, 5.74) is 8.43. The van der Waals surface area contributed by atoms with E-state index in [1.165, 1.54) is 11.3 Å². The van der Waals surface area contributed by atoms with E-state index in [-0.39, 0.29) is 5.91 Å². The molecule has 4 rings (SSSR count). The molecule has 0 saturated carbocycles. The Balaban J connectivity index is 1.54. The molecule has 0 radical (unpaired) electrons. The van der Waals surface area contributed by atoms with Gasteiger partial charge in [0.2, 0.25) is 5.96 Å². The number of fused-ring (bicyclic) bond motifs is 1. The minimum Gasteiger partial charge on any atom is -0.493 e. The summed E-state index contributed by atoms with van der Waals surface area (Å²) in [7, 11) is 3.11. The molecule has 1 aromatic heterocycles. The first kappa shape index (κ1) is 22.9. The Hall–Kier alpha value is -4.30. The number of hydrogen-bond acceptors (Lipinski definition) is 8. The van der Waals surface area contributed by atoms with E-state index in [9.17, 15) is 10.1 Å². The lowest BCUT2D eigenvalue weighted by Crippen LogP contribution is -2.42. The van der Waals surface area contributed by atoms with Gasteiger partial charge in [-0.1, -0.05) is 12.1 Å². The second-order valence-corrected chi connectivity index (χ2v) is 8.40. The third kappa shape index (κ3) is 4.87. The van der Waals surface area contributed by atoms with Crippen LogP contribution in [0.15, 0.2) is 47.5 Å². The third-order valence-electron chi connectivity index (χ3n) is 5.20. The number of rotatable bonds is 5. The lowest BCUT2D eigenvalue weighted by atomic mass is 10.2. The summed E-state index contributed by atoms with van der Waals surface area (Å²) in [6.45, 7) is 1.05. The Labute approximate surface area is 200 Å². The van der Waals surface area contributed by atoms with E-state index in [1.54, 1.807) is 56.7 Å². The standard InChI is InChI=1S/C23H23N7O3S/c1-32-18-8-7-14(11-19(18)33-2)27-23(26-13-24)30-10-9-17-20(12-30)34-22(29-17)21(31)28-16-6-4-3-5-15(16)25/h3-8,11H,9-10,12,25H2,1-2H3,(H,26,27)(H,28,31). The number of carbonyl (C=O) groups excluding carboxylic acids is 1. The summed E-state index contributed by atoms with van der Waals surface area (Å²) in [4.78, 5) is 24.7. The van der Waals surface area contributed by atoms with Gasteiger partial charge in [-0.15, -0.1) is 11.3 Å². The number of methoxy groups -OCH3 is 2. The second-order valence-electron chi connectivity index (χ2n) is 7.31. The highest BCUT2D eigenvalue weighted by atomic mass is 32.1. The van der Waals surface area contributed by atoms with Crippen molar-refractivity contribution in [2.24, 2.45) is 4.99 Å². The summed E-state index contributed by atoms with van der Waals surface area (Å²) in [6, 6.07) is 12.3. The van der Waals surface area contributed by atoms with Gasteiger partial charge >= 0.3 is 0 Å². The number of nitrogens with two attached hydrogens (primary N) is 1. The Morgan fingerprint density at radius 2 is 2.03 bits per heavy atom. The maximum Gasteiger partial charge on any atom is 0.284 e. The lowest BCUT2D eigenvalue weighted by molar-refractivity contribution is 0.102. The van der Waals surface area contributed by atoms with Crippen molar-refractivity contribution in [2.75, 3.05) is 31.8 Å². The van der Waals surface area contributed by atoms with Crippen LogP contribution >= 0.6 is 11.3 Å². The van der Waals surface area contributed by atoms with Gasteiger partial charge in [-0.3, -0.25) is 10.1 Å². The number of nitrogens with zero attached hydrogens (tertiary/aromatic N) is 4. The van der Waals surface area contributed by atoms with E-state index in [0.29, 0.717) is 59.0 Å². The average Bonchev–Trinajstić information content (AvgIpc) is 3.29. The summed E-state index contributed by atoms with van der Waals surface area (Å²) < 4.78 is 10.6. The molecule has 0 fully saturated rings. The number of hydrogen-bond donors (Lipinski definition) is 3. The highest BCUT2D eigenvalue weighted by molar-refractivity contribution is 7.13. The smallest absolute Gasteiger partial charge is 0.284 e. The molecular weight excluding hydrogens is 454 g/mol. The minimum atomic E-state index is -0.307. The number of nitrogen functional groups attached to an aromatic ring is 1. The molecule has 174 valence electrons. The molecule has 0 spiro atoms. The lowest BCUT2D eigenvalue weighted by Gasteiger charge is -2.28. The van der Waals surface area contributed by atoms with Gasteiger partial charge in [0.1, 0.15) is 0 Å². The van der Waals surface area contributed by atoms with Crippen molar-refractivity contribution in [3.05, 3.63) is 58.0 Å². The van der Waals surface area contributed by atoms with Crippen LogP contribution in [-0.2, 0) is 13.0 Å². The zero-order valence-electron chi connectivity index (χ0n) is 18.7. The van der Waals surface area contributed by atoms with Crippen LogP contribution in [0.4, 0.5) is 17.1 Å². The average molecular weight is 478 g/mol. The molecule has 10 nitrogen and oxygen atoms in total. The molecule has 3 aromatic rings. The van der Waals surface area contributed by atoms with Gasteiger partial charge in [0.05, 0.1) is 43.5 Å². The van der Waals surface area contributed by atoms with Crippen molar-refractivity contribution < 1.29 is 14.3 Å². The van der Waals surface area contributed by atoms with E-state index in [1.807, 2.05) is 11.1 Å². The van der Waals surface area contributed by atoms with Crippen LogP contribution in [-0.4, -0.2) is 42.5 Å². The molecule has 34 heavy (non-hydrogen) atoms. The van der Waals surface area contributed by atoms with Gasteiger partial charge < -0.3 is 25.4 Å². The predicted molar refractivity (Wildman–Crippen MR) is 130 cm³/mol. The molecule has 1 aliphatic rings. The van der Waals surface area contributed by atoms with Crippen molar-refractivity contribution in [2.45, 2.75) is 13.0 Å². The van der Waals surface area contributed by atoms with E-state index in [0.717, 1.165) is 10.6 Å². The van der Waals surface area contributed by atoms with Crippen LogP contribution in [0.3, 0.4) is 0 Å². The van der Waals surface area contributed by atoms with Crippen LogP contribution in [0, 0.1) is 11.5 Å². The largest absolute Gasteiger partial charge is 0.493 e. The number of nitriles is 1. The summed E-state index contributed by atoms with van der Waals surface area (Å²) in [5, 5.41) is 15.1. The van der Waals surface area contributed by atoms with Crippen LogP contribution in [0.25, 0.3) is 0 Å². The fraction of sp³-hybridized carbons (Fsp3) is 0.217. The molecule has 1 aliphatic heterocycles. The normalized spacial score (nSPS) is 13.0. The van der Waals surface area contributed by atoms with Gasteiger partial charge in [-0.25, -0.2) is 9.98 Å². The number of carbonyl (C=O) groups is 1. The van der Waals surface area contributed by atoms with Crippen molar-refractivity contribution in [3.63, 3.8) is 0 Å². The highest BCUT2D eigenvalue weighted by Crippen LogP contribution is 2.32. The highest BCUT2D eigenvalue weighted by Gasteiger charge is 2.25. The number of anilines is 2. The fourth-order valence-corrected chi connectivity index (χ4v) is 4.52. The molecule has 4 N–H and O–H groups in total. The Kier molecular flexibility index (Phi) is 6.79. The molecule has 11 heteroatoms. The maximum atomic E-state index is 12.7. The third-order valence-corrected chi connectivity index (χ3v) is 6.28. The number of nitrogens with one attached hydrogen (secondary N) is 2. The predicted octanol–water partition coefficient (Wildman–Crippen LogP) is 3.11. The number of benzene rings is 2. The Morgan fingerprint density at radius 1 is 1.24 bits per heavy atom. The second kappa shape index (κ2) is 10.1. The van der Waals surface area contributed by atoms with Gasteiger partial charge in [0.25, 0.3) is 5.91 Å². The Morgan fingerprint density at radius 3 is 2.76 bits per heavy atom. The first-order valence-electron chi connectivity index (χ1n) is 10.4. The van der Waals surface area contributed by atoms with Crippen LogP contribution in [0.5, 0.6) is 11.5 Å². The van der Waals surface area contributed by atoms with Crippen LogP contribution in [0.2, 0.25) is 0 Å². The Bertz CT molecular complexity index is 1280. The van der Waals surface area contributed by atoms with E-state index in [2.05, 4.69) is 20.6 Å². The van der Waals surface area contributed by atoms with Crippen LogP contribution in [0.1, 0.15) is 20.4 Å². The quantitative estimate of drug-likeness (QED) is 0.168. The van der Waals surface area contributed by atoms with Crippen molar-refractivity contribution in [1.82, 2.24) is 15.2 Å². The molecular formula is C23H23N7O3S.